The van der Waals surface area contributed by atoms with Gasteiger partial charge in [0.2, 0.25) is 0 Å². The van der Waals surface area contributed by atoms with Crippen LogP contribution in [0.4, 0.5) is 0 Å². The monoisotopic (exact) mass is 316 g/mol. The Hall–Kier alpha value is -0.830. The predicted molar refractivity (Wildman–Crippen MR) is 93.9 cm³/mol. The van der Waals surface area contributed by atoms with Gasteiger partial charge in [0.15, 0.2) is 0 Å². The van der Waals surface area contributed by atoms with Crippen LogP contribution in [0.2, 0.25) is 0 Å². The molecule has 0 bridgehead atoms. The molecule has 0 aromatic rings. The van der Waals surface area contributed by atoms with Gasteiger partial charge in [0.05, 0.1) is 6.10 Å². The molecule has 3 heteroatoms. The van der Waals surface area contributed by atoms with Crippen molar-refractivity contribution in [1.29, 1.82) is 0 Å². The average Bonchev–Trinajstić information content (AvgIpc) is 2.79. The molecule has 0 saturated heterocycles. The first kappa shape index (κ1) is 15.7. The number of hydrogen-bond acceptors (Lipinski definition) is 3. The third-order valence-electron chi connectivity index (χ3n) is 8.82. The van der Waals surface area contributed by atoms with E-state index in [2.05, 4.69) is 31.9 Å². The van der Waals surface area contributed by atoms with Gasteiger partial charge in [-0.1, -0.05) is 32.4 Å². The molecule has 3 fully saturated rings. The van der Waals surface area contributed by atoms with Crippen molar-refractivity contribution in [1.82, 2.24) is 0 Å². The van der Waals surface area contributed by atoms with Gasteiger partial charge >= 0.3 is 0 Å². The van der Waals surface area contributed by atoms with E-state index in [9.17, 15) is 5.11 Å². The minimum atomic E-state index is -0.113. The molecule has 3 nitrogen and oxygen atoms in total. The summed E-state index contributed by atoms with van der Waals surface area (Å²) in [4.78, 5) is 0. The highest BCUT2D eigenvalue weighted by Gasteiger charge is 2.63. The number of nitrogens with two attached hydrogens (primary N) is 1. The van der Waals surface area contributed by atoms with Gasteiger partial charge in [0.25, 0.3) is 0 Å². The Balaban J connectivity index is 1.75. The molecule has 6 atom stereocenters. The van der Waals surface area contributed by atoms with Crippen LogP contribution in [0.1, 0.15) is 72.1 Å². The van der Waals surface area contributed by atoms with Crippen LogP contribution < -0.4 is 5.84 Å². The quantitative estimate of drug-likeness (QED) is 0.403. The summed E-state index contributed by atoms with van der Waals surface area (Å²) in [5, 5.41) is 14.3. The minimum Gasteiger partial charge on any atom is -0.393 e. The summed E-state index contributed by atoms with van der Waals surface area (Å²) in [5.74, 6) is 7.26. The molecular weight excluding hydrogens is 284 g/mol. The predicted octanol–water partition coefficient (Wildman–Crippen LogP) is 4.01. The Bertz CT molecular complexity index is 582. The van der Waals surface area contributed by atoms with Crippen LogP contribution in [0.15, 0.2) is 16.8 Å². The van der Waals surface area contributed by atoms with Crippen molar-refractivity contribution in [3.8, 4) is 0 Å². The fourth-order valence-corrected chi connectivity index (χ4v) is 6.99. The molecule has 3 saturated carbocycles. The molecule has 23 heavy (non-hydrogen) atoms. The zero-order chi connectivity index (χ0) is 16.5. The van der Waals surface area contributed by atoms with E-state index in [1.807, 2.05) is 0 Å². The summed E-state index contributed by atoms with van der Waals surface area (Å²) >= 11 is 0. The van der Waals surface area contributed by atoms with Crippen molar-refractivity contribution in [3.63, 3.8) is 0 Å². The van der Waals surface area contributed by atoms with Gasteiger partial charge in [0, 0.05) is 11.1 Å². The number of allylic oxidation sites excluding steroid dienone is 1. The number of fused-ring (bicyclic) bond motifs is 5. The van der Waals surface area contributed by atoms with Crippen LogP contribution in [0.3, 0.4) is 0 Å². The van der Waals surface area contributed by atoms with Gasteiger partial charge in [-0.25, -0.2) is 0 Å². The lowest BCUT2D eigenvalue weighted by Gasteiger charge is -2.61. The fraction of sp³-hybridized carbons (Fsp3) is 0.850. The molecule has 0 aromatic carbocycles. The summed E-state index contributed by atoms with van der Waals surface area (Å²) in [5.41, 5.74) is 3.65. The molecule has 3 N–H and O–H groups in total. The van der Waals surface area contributed by atoms with Crippen molar-refractivity contribution in [2.45, 2.75) is 78.2 Å². The zero-order valence-electron chi connectivity index (χ0n) is 14.9. The van der Waals surface area contributed by atoms with Crippen molar-refractivity contribution in [3.05, 3.63) is 11.6 Å². The summed E-state index contributed by atoms with van der Waals surface area (Å²) in [7, 11) is 0. The Morgan fingerprint density at radius 3 is 2.65 bits per heavy atom. The first-order valence-corrected chi connectivity index (χ1v) is 9.50. The average molecular weight is 316 g/mol. The highest BCUT2D eigenvalue weighted by molar-refractivity contribution is 5.93. The van der Waals surface area contributed by atoms with E-state index in [1.165, 1.54) is 31.4 Å². The van der Waals surface area contributed by atoms with E-state index in [0.717, 1.165) is 37.5 Å². The van der Waals surface area contributed by atoms with Gasteiger partial charge in [-0.3, -0.25) is 0 Å². The molecule has 0 radical (unpaired) electrons. The maximum Gasteiger partial charge on any atom is 0.0577 e. The maximum atomic E-state index is 10.1. The van der Waals surface area contributed by atoms with E-state index in [0.29, 0.717) is 10.8 Å². The zero-order valence-corrected chi connectivity index (χ0v) is 14.9. The topological polar surface area (TPSA) is 58.6 Å². The summed E-state index contributed by atoms with van der Waals surface area (Å²) in [6.45, 7) is 7.43. The van der Waals surface area contributed by atoms with Crippen LogP contribution in [-0.2, 0) is 0 Å². The maximum absolute atomic E-state index is 10.1. The molecule has 128 valence electrons. The summed E-state index contributed by atoms with van der Waals surface area (Å²) in [6, 6.07) is 0. The molecule has 0 aromatic heterocycles. The minimum absolute atomic E-state index is 0.113. The molecule has 0 heterocycles. The third-order valence-corrected chi connectivity index (χ3v) is 8.82. The first-order valence-electron chi connectivity index (χ1n) is 9.50. The van der Waals surface area contributed by atoms with E-state index in [1.54, 1.807) is 5.57 Å². The largest absolute Gasteiger partial charge is 0.393 e. The number of aliphatic hydroxyl groups is 1. The number of hydrazone groups is 1. The lowest BCUT2D eigenvalue weighted by molar-refractivity contribution is -0.0748. The molecule has 0 amide bonds. The van der Waals surface area contributed by atoms with Gasteiger partial charge in [-0.2, -0.15) is 5.10 Å². The van der Waals surface area contributed by atoms with Crippen LogP contribution in [0, 0.1) is 28.1 Å². The molecule has 1 unspecified atom stereocenters. The second-order valence-corrected chi connectivity index (χ2v) is 9.36. The van der Waals surface area contributed by atoms with Crippen LogP contribution in [0.5, 0.6) is 0 Å². The number of aliphatic hydroxyl groups excluding tert-OH is 1. The van der Waals surface area contributed by atoms with Crippen molar-refractivity contribution in [2.75, 3.05) is 0 Å². The normalized spacial score (nSPS) is 54.2. The Kier molecular flexibility index (Phi) is 3.30. The van der Waals surface area contributed by atoms with Gasteiger partial charge < -0.3 is 10.9 Å². The lowest BCUT2D eigenvalue weighted by Crippen LogP contribution is -2.55. The summed E-state index contributed by atoms with van der Waals surface area (Å²) < 4.78 is 0. The lowest BCUT2D eigenvalue weighted by atomic mass is 9.43. The highest BCUT2D eigenvalue weighted by Crippen LogP contribution is 2.69. The van der Waals surface area contributed by atoms with Gasteiger partial charge in [-0.05, 0) is 74.0 Å². The van der Waals surface area contributed by atoms with E-state index < -0.39 is 0 Å². The van der Waals surface area contributed by atoms with E-state index >= 15 is 0 Å². The molecule has 4 aliphatic rings. The standard InChI is InChI=1S/C20H32N2O/c1-18-9-6-14(23)12-13(18)4-5-16-15(18)7-10-20(3)17(22-21)8-11-19(16,20)2/h4,14-16,23H,5-12,21H2,1-3H3/b22-17+/t14-,15?,16+,18-,19-,20+/m0/s1. The number of nitrogens with zero attached hydrogens (tertiary/aromatic N) is 1. The Morgan fingerprint density at radius 2 is 1.91 bits per heavy atom. The smallest absolute Gasteiger partial charge is 0.0577 e. The van der Waals surface area contributed by atoms with Gasteiger partial charge in [-0.15, -0.1) is 0 Å². The van der Waals surface area contributed by atoms with E-state index in [-0.39, 0.29) is 11.5 Å². The first-order chi connectivity index (χ1) is 10.8. The second kappa shape index (κ2) is 4.84. The molecule has 0 spiro atoms. The van der Waals surface area contributed by atoms with Crippen LogP contribution in [-0.4, -0.2) is 16.9 Å². The Morgan fingerprint density at radius 1 is 1.13 bits per heavy atom. The van der Waals surface area contributed by atoms with Crippen molar-refractivity contribution in [2.24, 2.45) is 39.0 Å². The highest BCUT2D eigenvalue weighted by atomic mass is 16.3. The van der Waals surface area contributed by atoms with Crippen LogP contribution >= 0.6 is 0 Å². The van der Waals surface area contributed by atoms with Crippen molar-refractivity contribution >= 4 is 5.71 Å². The van der Waals surface area contributed by atoms with E-state index in [4.69, 9.17) is 5.84 Å². The number of rotatable bonds is 0. The molecular formula is C20H32N2O. The molecule has 0 aliphatic heterocycles. The fourth-order valence-electron chi connectivity index (χ4n) is 6.99. The number of hydrogen-bond donors (Lipinski definition) is 2. The third kappa shape index (κ3) is 1.83. The summed E-state index contributed by atoms with van der Waals surface area (Å²) in [6.07, 6.45) is 11.4. The van der Waals surface area contributed by atoms with Gasteiger partial charge in [0.1, 0.15) is 0 Å². The van der Waals surface area contributed by atoms with Crippen LogP contribution in [0.25, 0.3) is 0 Å². The molecule has 4 aliphatic carbocycles. The van der Waals surface area contributed by atoms with Crippen molar-refractivity contribution < 1.29 is 5.11 Å². The second-order valence-electron chi connectivity index (χ2n) is 9.36. The SMILES string of the molecule is C[C@]12CC[C@H](O)CC1=CC[C@@H]1C2CC[C@]2(C)/C(=N/N)CC[C@@]12C. The Labute approximate surface area is 140 Å². The molecule has 4 rings (SSSR count).